The van der Waals surface area contributed by atoms with Crippen molar-refractivity contribution in [1.29, 1.82) is 0 Å². The molecular formula is C13H9Cl2NO. The van der Waals surface area contributed by atoms with Crippen LogP contribution in [0.4, 0.5) is 0 Å². The molecule has 0 radical (unpaired) electrons. The minimum absolute atomic E-state index is 0.000648. The number of benzene rings is 1. The smallest absolute Gasteiger partial charge is 0.127 e. The van der Waals surface area contributed by atoms with Gasteiger partial charge in [0.2, 0.25) is 0 Å². The number of hydrogen-bond donors (Lipinski definition) is 1. The maximum Gasteiger partial charge on any atom is 0.127 e. The van der Waals surface area contributed by atoms with Gasteiger partial charge in [0.1, 0.15) is 5.76 Å². The van der Waals surface area contributed by atoms with Crippen molar-refractivity contribution in [3.63, 3.8) is 0 Å². The first-order valence-electron chi connectivity index (χ1n) is 4.94. The molecule has 1 aromatic carbocycles. The standard InChI is InChI=1S/C13H9Cl2NO/c14-10-5-3-6-11(15)13(10)12(17)8-9-4-1-2-7-16-9/h1-8,17H. The molecule has 86 valence electrons. The fourth-order valence-corrected chi connectivity index (χ4v) is 2.01. The zero-order valence-corrected chi connectivity index (χ0v) is 10.3. The topological polar surface area (TPSA) is 33.1 Å². The third-order valence-electron chi connectivity index (χ3n) is 2.19. The van der Waals surface area contributed by atoms with Gasteiger partial charge in [0, 0.05) is 12.3 Å². The molecule has 2 aromatic rings. The van der Waals surface area contributed by atoms with Crippen LogP contribution in [0.3, 0.4) is 0 Å². The van der Waals surface area contributed by atoms with Crippen molar-refractivity contribution in [2.75, 3.05) is 0 Å². The second kappa shape index (κ2) is 5.21. The Kier molecular flexibility index (Phi) is 3.67. The van der Waals surface area contributed by atoms with Crippen LogP contribution in [-0.4, -0.2) is 10.1 Å². The molecule has 1 N–H and O–H groups in total. The van der Waals surface area contributed by atoms with Gasteiger partial charge in [0.05, 0.1) is 21.3 Å². The summed E-state index contributed by atoms with van der Waals surface area (Å²) in [6, 6.07) is 10.5. The van der Waals surface area contributed by atoms with Crippen LogP contribution in [0.5, 0.6) is 0 Å². The normalized spacial score (nSPS) is 11.5. The average molecular weight is 266 g/mol. The summed E-state index contributed by atoms with van der Waals surface area (Å²) < 4.78 is 0. The lowest BCUT2D eigenvalue weighted by atomic mass is 10.1. The van der Waals surface area contributed by atoms with E-state index >= 15 is 0 Å². The van der Waals surface area contributed by atoms with Crippen molar-refractivity contribution in [3.8, 4) is 0 Å². The molecule has 4 heteroatoms. The lowest BCUT2D eigenvalue weighted by Crippen LogP contribution is -1.88. The number of pyridine rings is 1. The van der Waals surface area contributed by atoms with Crippen molar-refractivity contribution in [2.45, 2.75) is 0 Å². The zero-order valence-electron chi connectivity index (χ0n) is 8.77. The fourth-order valence-electron chi connectivity index (χ4n) is 1.42. The van der Waals surface area contributed by atoms with Crippen LogP contribution in [-0.2, 0) is 0 Å². The van der Waals surface area contributed by atoms with E-state index in [4.69, 9.17) is 23.2 Å². The van der Waals surface area contributed by atoms with Gasteiger partial charge in [-0.05, 0) is 24.3 Å². The SMILES string of the molecule is OC(=Cc1ccccn1)c1c(Cl)cccc1Cl. The first kappa shape index (κ1) is 12.0. The summed E-state index contributed by atoms with van der Waals surface area (Å²) in [5.74, 6) is -0.000648. The van der Waals surface area contributed by atoms with E-state index in [1.807, 2.05) is 6.07 Å². The van der Waals surface area contributed by atoms with E-state index in [1.54, 1.807) is 36.5 Å². The molecule has 0 bridgehead atoms. The molecule has 0 atom stereocenters. The van der Waals surface area contributed by atoms with E-state index < -0.39 is 0 Å². The van der Waals surface area contributed by atoms with E-state index in [-0.39, 0.29) is 5.76 Å². The minimum Gasteiger partial charge on any atom is -0.507 e. The van der Waals surface area contributed by atoms with E-state index in [0.717, 1.165) is 0 Å². The highest BCUT2D eigenvalue weighted by atomic mass is 35.5. The largest absolute Gasteiger partial charge is 0.507 e. The molecule has 0 fully saturated rings. The van der Waals surface area contributed by atoms with Gasteiger partial charge in [-0.15, -0.1) is 0 Å². The van der Waals surface area contributed by atoms with Gasteiger partial charge in [0.25, 0.3) is 0 Å². The van der Waals surface area contributed by atoms with Gasteiger partial charge in [-0.25, -0.2) is 0 Å². The Labute approximate surface area is 109 Å². The van der Waals surface area contributed by atoms with Crippen LogP contribution in [0.2, 0.25) is 10.0 Å². The Balaban J connectivity index is 2.44. The molecule has 0 aliphatic rings. The van der Waals surface area contributed by atoms with Crippen LogP contribution in [0.1, 0.15) is 11.3 Å². The predicted molar refractivity (Wildman–Crippen MR) is 71.2 cm³/mol. The molecule has 17 heavy (non-hydrogen) atoms. The van der Waals surface area contributed by atoms with Crippen molar-refractivity contribution < 1.29 is 5.11 Å². The lowest BCUT2D eigenvalue weighted by molar-refractivity contribution is 0.515. The van der Waals surface area contributed by atoms with Crippen molar-refractivity contribution in [3.05, 3.63) is 63.9 Å². The fraction of sp³-hybridized carbons (Fsp3) is 0. The number of aromatic nitrogens is 1. The monoisotopic (exact) mass is 265 g/mol. The van der Waals surface area contributed by atoms with Crippen LogP contribution in [0.15, 0.2) is 42.6 Å². The number of nitrogens with zero attached hydrogens (tertiary/aromatic N) is 1. The van der Waals surface area contributed by atoms with Crippen LogP contribution >= 0.6 is 23.2 Å². The molecule has 2 rings (SSSR count). The molecule has 0 amide bonds. The third kappa shape index (κ3) is 2.78. The summed E-state index contributed by atoms with van der Waals surface area (Å²) in [6.45, 7) is 0. The van der Waals surface area contributed by atoms with Gasteiger partial charge < -0.3 is 5.11 Å². The minimum atomic E-state index is -0.000648. The third-order valence-corrected chi connectivity index (χ3v) is 2.82. The summed E-state index contributed by atoms with van der Waals surface area (Å²) in [5.41, 5.74) is 1.06. The number of hydrogen-bond acceptors (Lipinski definition) is 2. The second-order valence-corrected chi connectivity index (χ2v) is 4.20. The summed E-state index contributed by atoms with van der Waals surface area (Å²) in [5, 5.41) is 10.8. The number of aliphatic hydroxyl groups is 1. The Bertz CT molecular complexity index is 532. The van der Waals surface area contributed by atoms with Gasteiger partial charge in [-0.1, -0.05) is 35.3 Å². The number of rotatable bonds is 2. The van der Waals surface area contributed by atoms with Crippen LogP contribution in [0, 0.1) is 0 Å². The molecule has 0 saturated heterocycles. The molecule has 0 unspecified atom stereocenters. The molecule has 2 nitrogen and oxygen atoms in total. The summed E-state index contributed by atoms with van der Waals surface area (Å²) in [7, 11) is 0. The summed E-state index contributed by atoms with van der Waals surface area (Å²) >= 11 is 12.0. The molecular weight excluding hydrogens is 257 g/mol. The van der Waals surface area contributed by atoms with E-state index in [9.17, 15) is 5.11 Å². The quantitative estimate of drug-likeness (QED) is 0.815. The Morgan fingerprint density at radius 3 is 2.35 bits per heavy atom. The van der Waals surface area contributed by atoms with Crippen molar-refractivity contribution >= 4 is 35.0 Å². The van der Waals surface area contributed by atoms with Crippen molar-refractivity contribution in [1.82, 2.24) is 4.98 Å². The van der Waals surface area contributed by atoms with E-state index in [0.29, 0.717) is 21.3 Å². The Morgan fingerprint density at radius 1 is 1.06 bits per heavy atom. The molecule has 0 aliphatic carbocycles. The molecule has 1 heterocycles. The first-order valence-corrected chi connectivity index (χ1v) is 5.70. The van der Waals surface area contributed by atoms with E-state index in [2.05, 4.69) is 4.98 Å². The Hall–Kier alpha value is -1.51. The second-order valence-electron chi connectivity index (χ2n) is 3.38. The highest BCUT2D eigenvalue weighted by molar-refractivity contribution is 6.37. The molecule has 0 aliphatic heterocycles. The Morgan fingerprint density at radius 2 is 1.76 bits per heavy atom. The van der Waals surface area contributed by atoms with Crippen LogP contribution < -0.4 is 0 Å². The number of aliphatic hydroxyl groups excluding tert-OH is 1. The summed E-state index contributed by atoms with van der Waals surface area (Å²) in [6.07, 6.45) is 3.17. The maximum absolute atomic E-state index is 9.99. The molecule has 0 spiro atoms. The number of halogens is 2. The highest BCUT2D eigenvalue weighted by Gasteiger charge is 2.09. The summed E-state index contributed by atoms with van der Waals surface area (Å²) in [4.78, 5) is 4.08. The van der Waals surface area contributed by atoms with Gasteiger partial charge >= 0.3 is 0 Å². The zero-order chi connectivity index (χ0) is 12.3. The van der Waals surface area contributed by atoms with Gasteiger partial charge in [0.15, 0.2) is 0 Å². The molecule has 1 aromatic heterocycles. The lowest BCUT2D eigenvalue weighted by Gasteiger charge is -2.05. The van der Waals surface area contributed by atoms with Crippen LogP contribution in [0.25, 0.3) is 11.8 Å². The van der Waals surface area contributed by atoms with Gasteiger partial charge in [-0.2, -0.15) is 0 Å². The highest BCUT2D eigenvalue weighted by Crippen LogP contribution is 2.30. The average Bonchev–Trinajstić information content (AvgIpc) is 2.30. The maximum atomic E-state index is 9.99. The predicted octanol–water partition coefficient (Wildman–Crippen LogP) is 4.44. The van der Waals surface area contributed by atoms with Crippen molar-refractivity contribution in [2.24, 2.45) is 0 Å². The first-order chi connectivity index (χ1) is 8.18. The molecule has 0 saturated carbocycles. The van der Waals surface area contributed by atoms with E-state index in [1.165, 1.54) is 6.08 Å². The van der Waals surface area contributed by atoms with Gasteiger partial charge in [-0.3, -0.25) is 4.98 Å².